The Morgan fingerprint density at radius 3 is 2.24 bits per heavy atom. The molecule has 0 bridgehead atoms. The fraction of sp³-hybridized carbons (Fsp3) is 0.227. The van der Waals surface area contributed by atoms with E-state index in [1.807, 2.05) is 0 Å². The molecule has 6 aromatic carbocycles. The standard InChI is InChI=1S/C44H41NO/c1-43(2,3)26-14-17-31-28-35-39-37(45(32-18-7-6-8-19-32)33-25-24-29-15-9-10-16-30(29)27-33)22-13-23-38(39)46-42(35)40-34-20-11-12-21-36(34)44(4,5)41(31)40/h6-13,15-16,18-25,27-28H,14,17,26H2,1-5H3. The molecule has 7 aromatic rings. The summed E-state index contributed by atoms with van der Waals surface area (Å²) in [6.07, 6.45) is 3.40. The minimum atomic E-state index is -0.0971. The molecule has 46 heavy (non-hydrogen) atoms. The van der Waals surface area contributed by atoms with Crippen molar-refractivity contribution in [1.29, 1.82) is 0 Å². The van der Waals surface area contributed by atoms with Gasteiger partial charge >= 0.3 is 0 Å². The van der Waals surface area contributed by atoms with Crippen LogP contribution in [0.5, 0.6) is 0 Å². The average Bonchev–Trinajstić information content (AvgIpc) is 3.54. The first-order chi connectivity index (χ1) is 22.2. The van der Waals surface area contributed by atoms with Gasteiger partial charge in [0.05, 0.1) is 11.1 Å². The number of anilines is 3. The molecule has 2 heteroatoms. The van der Waals surface area contributed by atoms with Gasteiger partial charge in [-0.3, -0.25) is 0 Å². The fourth-order valence-electron chi connectivity index (χ4n) is 7.86. The minimum Gasteiger partial charge on any atom is -0.455 e. The Balaban J connectivity index is 1.42. The maximum Gasteiger partial charge on any atom is 0.143 e. The molecule has 1 aliphatic carbocycles. The van der Waals surface area contributed by atoms with E-state index in [-0.39, 0.29) is 5.41 Å². The number of hydrogen-bond donors (Lipinski definition) is 0. The molecule has 0 saturated heterocycles. The first kappa shape index (κ1) is 28.6. The van der Waals surface area contributed by atoms with Crippen LogP contribution in [0.4, 0.5) is 17.1 Å². The lowest BCUT2D eigenvalue weighted by Gasteiger charge is -2.27. The quantitative estimate of drug-likeness (QED) is 0.189. The van der Waals surface area contributed by atoms with Crippen molar-refractivity contribution in [3.05, 3.63) is 138 Å². The summed E-state index contributed by atoms with van der Waals surface area (Å²) in [7, 11) is 0. The van der Waals surface area contributed by atoms with E-state index in [9.17, 15) is 0 Å². The molecular weight excluding hydrogens is 558 g/mol. The lowest BCUT2D eigenvalue weighted by Crippen LogP contribution is -2.17. The molecule has 2 nitrogen and oxygen atoms in total. The summed E-state index contributed by atoms with van der Waals surface area (Å²) in [6, 6.07) is 44.1. The van der Waals surface area contributed by atoms with Crippen LogP contribution in [0.3, 0.4) is 0 Å². The topological polar surface area (TPSA) is 16.4 Å². The van der Waals surface area contributed by atoms with Crippen molar-refractivity contribution < 1.29 is 4.42 Å². The number of fused-ring (bicyclic) bond motifs is 8. The van der Waals surface area contributed by atoms with Crippen molar-refractivity contribution >= 4 is 49.8 Å². The Morgan fingerprint density at radius 1 is 0.696 bits per heavy atom. The Labute approximate surface area is 272 Å². The molecule has 228 valence electrons. The summed E-state index contributed by atoms with van der Waals surface area (Å²) in [6.45, 7) is 11.8. The Bertz CT molecular complexity index is 2250. The van der Waals surface area contributed by atoms with E-state index in [4.69, 9.17) is 4.42 Å². The molecule has 1 aromatic heterocycles. The highest BCUT2D eigenvalue weighted by molar-refractivity contribution is 6.18. The molecule has 0 fully saturated rings. The van der Waals surface area contributed by atoms with Crippen LogP contribution < -0.4 is 4.90 Å². The van der Waals surface area contributed by atoms with Crippen molar-refractivity contribution in [2.75, 3.05) is 4.90 Å². The first-order valence-corrected chi connectivity index (χ1v) is 16.7. The third-order valence-electron chi connectivity index (χ3n) is 9.96. The Morgan fingerprint density at radius 2 is 1.43 bits per heavy atom. The third-order valence-corrected chi connectivity index (χ3v) is 9.96. The van der Waals surface area contributed by atoms with Gasteiger partial charge in [0.1, 0.15) is 11.2 Å². The number of para-hydroxylation sites is 1. The zero-order valence-corrected chi connectivity index (χ0v) is 27.5. The number of furan rings is 1. The molecule has 8 rings (SSSR count). The van der Waals surface area contributed by atoms with E-state index < -0.39 is 0 Å². The van der Waals surface area contributed by atoms with E-state index in [1.165, 1.54) is 50.4 Å². The van der Waals surface area contributed by atoms with Crippen LogP contribution in [-0.4, -0.2) is 0 Å². The van der Waals surface area contributed by atoms with Gasteiger partial charge in [-0.25, -0.2) is 0 Å². The number of aryl methyl sites for hydroxylation is 1. The van der Waals surface area contributed by atoms with Gasteiger partial charge in [-0.05, 0) is 100 Å². The highest BCUT2D eigenvalue weighted by Crippen LogP contribution is 2.55. The Hall–Kier alpha value is -4.82. The predicted molar refractivity (Wildman–Crippen MR) is 196 cm³/mol. The molecule has 0 radical (unpaired) electrons. The number of nitrogens with zero attached hydrogens (tertiary/aromatic N) is 1. The number of rotatable bonds is 6. The van der Waals surface area contributed by atoms with Crippen LogP contribution in [0.2, 0.25) is 0 Å². The smallest absolute Gasteiger partial charge is 0.143 e. The summed E-state index contributed by atoms with van der Waals surface area (Å²) in [4.78, 5) is 2.40. The molecule has 0 saturated carbocycles. The van der Waals surface area contributed by atoms with Gasteiger partial charge in [0, 0.05) is 27.7 Å². The summed E-state index contributed by atoms with van der Waals surface area (Å²) in [5.74, 6) is 0. The summed E-state index contributed by atoms with van der Waals surface area (Å²) in [5.41, 5.74) is 12.4. The molecule has 1 heterocycles. The van der Waals surface area contributed by atoms with Crippen LogP contribution in [0, 0.1) is 5.41 Å². The zero-order valence-electron chi connectivity index (χ0n) is 27.5. The second-order valence-corrected chi connectivity index (χ2v) is 14.7. The predicted octanol–water partition coefficient (Wildman–Crippen LogP) is 12.9. The van der Waals surface area contributed by atoms with Crippen LogP contribution in [-0.2, 0) is 11.8 Å². The van der Waals surface area contributed by atoms with Crippen LogP contribution in [0.25, 0.3) is 43.8 Å². The van der Waals surface area contributed by atoms with E-state index in [2.05, 4.69) is 161 Å². The van der Waals surface area contributed by atoms with Crippen molar-refractivity contribution in [3.8, 4) is 11.1 Å². The molecule has 1 aliphatic rings. The second-order valence-electron chi connectivity index (χ2n) is 14.7. The molecule has 0 atom stereocenters. The van der Waals surface area contributed by atoms with Crippen LogP contribution in [0.15, 0.2) is 126 Å². The lowest BCUT2D eigenvalue weighted by atomic mass is 9.78. The van der Waals surface area contributed by atoms with E-state index >= 15 is 0 Å². The molecule has 0 N–H and O–H groups in total. The number of benzene rings is 6. The van der Waals surface area contributed by atoms with E-state index in [1.54, 1.807) is 0 Å². The minimum absolute atomic E-state index is 0.0971. The molecule has 0 amide bonds. The second kappa shape index (κ2) is 10.6. The van der Waals surface area contributed by atoms with Gasteiger partial charge in [-0.1, -0.05) is 113 Å². The summed E-state index contributed by atoms with van der Waals surface area (Å²) in [5, 5.41) is 4.83. The number of hydrogen-bond acceptors (Lipinski definition) is 2. The highest BCUT2D eigenvalue weighted by Gasteiger charge is 2.40. The van der Waals surface area contributed by atoms with Crippen molar-refractivity contribution in [3.63, 3.8) is 0 Å². The third kappa shape index (κ3) is 4.62. The molecular formula is C44H41NO. The summed E-state index contributed by atoms with van der Waals surface area (Å²) < 4.78 is 6.97. The SMILES string of the molecule is CC(C)(C)CCCc1cc2c(oc3cccc(N(c4ccccc4)c4ccc5ccccc5c4)c32)c2c1C(C)(C)c1ccccc1-2. The van der Waals surface area contributed by atoms with Crippen molar-refractivity contribution in [1.82, 2.24) is 0 Å². The van der Waals surface area contributed by atoms with Gasteiger partial charge in [0.15, 0.2) is 0 Å². The van der Waals surface area contributed by atoms with Gasteiger partial charge in [-0.15, -0.1) is 0 Å². The fourth-order valence-corrected chi connectivity index (χ4v) is 7.86. The van der Waals surface area contributed by atoms with E-state index in [0.717, 1.165) is 46.5 Å². The van der Waals surface area contributed by atoms with Gasteiger partial charge < -0.3 is 9.32 Å². The lowest BCUT2D eigenvalue weighted by molar-refractivity contribution is 0.365. The van der Waals surface area contributed by atoms with Gasteiger partial charge in [-0.2, -0.15) is 0 Å². The van der Waals surface area contributed by atoms with Crippen molar-refractivity contribution in [2.24, 2.45) is 5.41 Å². The van der Waals surface area contributed by atoms with Gasteiger partial charge in [0.2, 0.25) is 0 Å². The maximum absolute atomic E-state index is 6.97. The monoisotopic (exact) mass is 599 g/mol. The Kier molecular flexibility index (Phi) is 6.62. The molecule has 0 unspecified atom stereocenters. The van der Waals surface area contributed by atoms with E-state index in [0.29, 0.717) is 5.41 Å². The van der Waals surface area contributed by atoms with Crippen LogP contribution in [0.1, 0.15) is 64.2 Å². The largest absolute Gasteiger partial charge is 0.455 e. The van der Waals surface area contributed by atoms with Crippen molar-refractivity contribution in [2.45, 2.75) is 59.3 Å². The molecule has 0 aliphatic heterocycles. The first-order valence-electron chi connectivity index (χ1n) is 16.7. The maximum atomic E-state index is 6.97. The summed E-state index contributed by atoms with van der Waals surface area (Å²) >= 11 is 0. The average molecular weight is 600 g/mol. The zero-order chi connectivity index (χ0) is 31.6. The highest BCUT2D eigenvalue weighted by atomic mass is 16.3. The van der Waals surface area contributed by atoms with Crippen LogP contribution >= 0.6 is 0 Å². The normalized spacial score (nSPS) is 13.8. The van der Waals surface area contributed by atoms with Gasteiger partial charge in [0.25, 0.3) is 0 Å². The molecule has 0 spiro atoms.